The fraction of sp³-hybridized carbons (Fsp3) is 0.381. The van der Waals surface area contributed by atoms with Crippen molar-refractivity contribution in [2.75, 3.05) is 23.7 Å². The minimum Gasteiger partial charge on any atom is -0.477 e. The first kappa shape index (κ1) is 18.4. The van der Waals surface area contributed by atoms with Crippen LogP contribution in [0.5, 0.6) is 0 Å². The Hall–Kier alpha value is -2.61. The van der Waals surface area contributed by atoms with Crippen molar-refractivity contribution in [3.05, 3.63) is 50.4 Å². The van der Waals surface area contributed by atoms with E-state index in [0.717, 1.165) is 35.1 Å². The van der Waals surface area contributed by atoms with Crippen LogP contribution in [-0.4, -0.2) is 40.3 Å². The number of carbonyl (C=O) groups is 2. The third kappa shape index (κ3) is 3.06. The van der Waals surface area contributed by atoms with Gasteiger partial charge in [-0.2, -0.15) is 0 Å². The summed E-state index contributed by atoms with van der Waals surface area (Å²) in [7, 11) is 0. The van der Waals surface area contributed by atoms with Gasteiger partial charge in [-0.3, -0.25) is 9.59 Å². The summed E-state index contributed by atoms with van der Waals surface area (Å²) in [6, 6.07) is 2.92. The smallest absolute Gasteiger partial charge is 0.341 e. The SMILES string of the molecule is O=C1CCSC2=C1CN(c1cc3c(cc1F)c(=O)c(C(=O)O)cn3C1CC1)CC2. The van der Waals surface area contributed by atoms with Crippen LogP contribution < -0.4 is 10.3 Å². The maximum Gasteiger partial charge on any atom is 0.341 e. The number of halogens is 1. The van der Waals surface area contributed by atoms with Gasteiger partial charge < -0.3 is 14.6 Å². The van der Waals surface area contributed by atoms with E-state index >= 15 is 4.39 Å². The second kappa shape index (κ2) is 6.73. The van der Waals surface area contributed by atoms with E-state index in [2.05, 4.69) is 0 Å². The molecule has 0 amide bonds. The highest BCUT2D eigenvalue weighted by atomic mass is 32.2. The lowest BCUT2D eigenvalue weighted by Crippen LogP contribution is -2.35. The minimum atomic E-state index is -1.31. The van der Waals surface area contributed by atoms with Crippen molar-refractivity contribution < 1.29 is 19.1 Å². The molecular weight excluding hydrogens is 395 g/mol. The zero-order chi connectivity index (χ0) is 20.3. The van der Waals surface area contributed by atoms with Crippen LogP contribution in [0.4, 0.5) is 10.1 Å². The van der Waals surface area contributed by atoms with Crippen LogP contribution in [0, 0.1) is 5.82 Å². The number of hydrogen-bond donors (Lipinski definition) is 1. The molecule has 0 saturated heterocycles. The molecule has 1 aromatic carbocycles. The van der Waals surface area contributed by atoms with Gasteiger partial charge in [-0.05, 0) is 36.3 Å². The Morgan fingerprint density at radius 2 is 2.00 bits per heavy atom. The van der Waals surface area contributed by atoms with Crippen molar-refractivity contribution in [3.8, 4) is 0 Å². The molecule has 3 heterocycles. The number of rotatable bonds is 3. The summed E-state index contributed by atoms with van der Waals surface area (Å²) < 4.78 is 16.8. The molecule has 1 N–H and O–H groups in total. The molecule has 150 valence electrons. The first-order chi connectivity index (χ1) is 13.9. The van der Waals surface area contributed by atoms with Crippen LogP contribution in [-0.2, 0) is 4.79 Å². The quantitative estimate of drug-likeness (QED) is 0.830. The van der Waals surface area contributed by atoms with Crippen LogP contribution in [0.15, 0.2) is 33.6 Å². The van der Waals surface area contributed by atoms with E-state index in [-0.39, 0.29) is 22.8 Å². The molecule has 6 nitrogen and oxygen atoms in total. The standard InChI is InChI=1S/C21H19FN2O4S/c22-15-7-12-16(24(11-1-2-11)10-14(20(12)26)21(27)28)8-17(15)23-5-3-19-13(9-23)18(25)4-6-29-19/h7-8,10-11H,1-6,9H2,(H,27,28). The summed E-state index contributed by atoms with van der Waals surface area (Å²) in [5.74, 6) is -0.939. The molecule has 0 atom stereocenters. The third-order valence-electron chi connectivity index (χ3n) is 5.85. The van der Waals surface area contributed by atoms with Crippen LogP contribution in [0.1, 0.15) is 42.1 Å². The first-order valence-corrected chi connectivity index (χ1v) is 10.7. The van der Waals surface area contributed by atoms with E-state index in [1.54, 1.807) is 22.4 Å². The van der Waals surface area contributed by atoms with Gasteiger partial charge in [0.25, 0.3) is 0 Å². The summed E-state index contributed by atoms with van der Waals surface area (Å²) in [6.07, 6.45) is 4.39. The summed E-state index contributed by atoms with van der Waals surface area (Å²) in [5, 5.41) is 9.44. The summed E-state index contributed by atoms with van der Waals surface area (Å²) in [4.78, 5) is 39.3. The number of fused-ring (bicyclic) bond motifs is 1. The fourth-order valence-corrected chi connectivity index (χ4v) is 5.30. The molecule has 2 aliphatic heterocycles. The number of ketones is 1. The molecule has 1 saturated carbocycles. The molecule has 29 heavy (non-hydrogen) atoms. The lowest BCUT2D eigenvalue weighted by Gasteiger charge is -2.34. The van der Waals surface area contributed by atoms with E-state index in [1.807, 2.05) is 4.90 Å². The number of nitrogens with zero attached hydrogens (tertiary/aromatic N) is 2. The molecule has 0 bridgehead atoms. The van der Waals surface area contributed by atoms with E-state index in [9.17, 15) is 19.5 Å². The van der Waals surface area contributed by atoms with Gasteiger partial charge in [0, 0.05) is 48.5 Å². The average Bonchev–Trinajstić information content (AvgIpc) is 3.53. The number of pyridine rings is 1. The maximum atomic E-state index is 15.0. The Kier molecular flexibility index (Phi) is 4.27. The number of carboxylic acid groups (broad SMARTS) is 1. The van der Waals surface area contributed by atoms with E-state index < -0.39 is 17.2 Å². The number of aromatic carboxylic acids is 1. The summed E-state index contributed by atoms with van der Waals surface area (Å²) in [6.45, 7) is 0.965. The van der Waals surface area contributed by atoms with Gasteiger partial charge in [-0.25, -0.2) is 9.18 Å². The molecule has 5 rings (SSSR count). The Morgan fingerprint density at radius 1 is 1.21 bits per heavy atom. The second-order valence-corrected chi connectivity index (χ2v) is 8.92. The highest BCUT2D eigenvalue weighted by molar-refractivity contribution is 8.03. The molecule has 0 unspecified atom stereocenters. The molecule has 2 aromatic rings. The topological polar surface area (TPSA) is 79.6 Å². The highest BCUT2D eigenvalue weighted by Crippen LogP contribution is 2.39. The zero-order valence-electron chi connectivity index (χ0n) is 15.6. The highest BCUT2D eigenvalue weighted by Gasteiger charge is 2.30. The second-order valence-electron chi connectivity index (χ2n) is 7.73. The number of carboxylic acids is 1. The fourth-order valence-electron chi connectivity index (χ4n) is 4.18. The van der Waals surface area contributed by atoms with Crippen molar-refractivity contribution >= 4 is 40.1 Å². The van der Waals surface area contributed by atoms with Crippen molar-refractivity contribution in [2.45, 2.75) is 31.7 Å². The van der Waals surface area contributed by atoms with Crippen LogP contribution in [0.2, 0.25) is 0 Å². The van der Waals surface area contributed by atoms with E-state index in [1.165, 1.54) is 6.20 Å². The Labute approximate surface area is 170 Å². The van der Waals surface area contributed by atoms with E-state index in [0.29, 0.717) is 37.1 Å². The van der Waals surface area contributed by atoms with Crippen molar-refractivity contribution in [2.24, 2.45) is 0 Å². The Bertz CT molecular complexity index is 1170. The third-order valence-corrected chi connectivity index (χ3v) is 7.06. The van der Waals surface area contributed by atoms with Gasteiger partial charge in [-0.1, -0.05) is 0 Å². The molecule has 8 heteroatoms. The number of aromatic nitrogens is 1. The van der Waals surface area contributed by atoms with E-state index in [4.69, 9.17) is 0 Å². The minimum absolute atomic E-state index is 0.0827. The number of carbonyl (C=O) groups excluding carboxylic acids is 1. The molecule has 1 fully saturated rings. The van der Waals surface area contributed by atoms with Gasteiger partial charge in [0.1, 0.15) is 11.4 Å². The van der Waals surface area contributed by atoms with Crippen molar-refractivity contribution in [1.29, 1.82) is 0 Å². The largest absolute Gasteiger partial charge is 0.477 e. The number of anilines is 1. The number of Topliss-reactive ketones (excluding diaryl/α,β-unsaturated/α-hetero) is 1. The van der Waals surface area contributed by atoms with Crippen LogP contribution in [0.25, 0.3) is 10.9 Å². The maximum absolute atomic E-state index is 15.0. The Balaban J connectivity index is 1.64. The number of thioether (sulfide) groups is 1. The van der Waals surface area contributed by atoms with Gasteiger partial charge in [0.15, 0.2) is 5.78 Å². The Morgan fingerprint density at radius 3 is 2.72 bits per heavy atom. The molecule has 3 aliphatic rings. The van der Waals surface area contributed by atoms with Crippen LogP contribution in [0.3, 0.4) is 0 Å². The molecule has 1 aromatic heterocycles. The lowest BCUT2D eigenvalue weighted by atomic mass is 10.0. The molecular formula is C21H19FN2O4S. The monoisotopic (exact) mass is 414 g/mol. The predicted octanol–water partition coefficient (Wildman–Crippen LogP) is 3.34. The van der Waals surface area contributed by atoms with Crippen molar-refractivity contribution in [1.82, 2.24) is 4.57 Å². The summed E-state index contributed by atoms with van der Waals surface area (Å²) >= 11 is 1.71. The van der Waals surface area contributed by atoms with Gasteiger partial charge in [-0.15, -0.1) is 11.8 Å². The number of benzene rings is 1. The van der Waals surface area contributed by atoms with Gasteiger partial charge in [0.2, 0.25) is 5.43 Å². The zero-order valence-corrected chi connectivity index (χ0v) is 16.4. The molecule has 1 aliphatic carbocycles. The first-order valence-electron chi connectivity index (χ1n) is 9.68. The summed E-state index contributed by atoms with van der Waals surface area (Å²) in [5.41, 5.74) is 0.659. The van der Waals surface area contributed by atoms with Gasteiger partial charge >= 0.3 is 5.97 Å². The molecule has 0 spiro atoms. The molecule has 0 radical (unpaired) electrons. The predicted molar refractivity (Wildman–Crippen MR) is 109 cm³/mol. The normalized spacial score (nSPS) is 19.6. The average molecular weight is 414 g/mol. The van der Waals surface area contributed by atoms with Gasteiger partial charge in [0.05, 0.1) is 11.2 Å². The van der Waals surface area contributed by atoms with Crippen molar-refractivity contribution in [3.63, 3.8) is 0 Å². The lowest BCUT2D eigenvalue weighted by molar-refractivity contribution is -0.115. The number of hydrogen-bond acceptors (Lipinski definition) is 5. The van der Waals surface area contributed by atoms with Crippen LogP contribution >= 0.6 is 11.8 Å².